The molecule has 1 amide bonds. The van der Waals surface area contributed by atoms with Crippen LogP contribution in [0.5, 0.6) is 0 Å². The van der Waals surface area contributed by atoms with Gasteiger partial charge in [0, 0.05) is 6.04 Å². The van der Waals surface area contributed by atoms with Gasteiger partial charge in [-0.3, -0.25) is 9.10 Å². The van der Waals surface area contributed by atoms with Gasteiger partial charge in [0.2, 0.25) is 5.91 Å². The van der Waals surface area contributed by atoms with Crippen LogP contribution in [-0.2, 0) is 21.2 Å². The third-order valence-electron chi connectivity index (χ3n) is 5.06. The zero-order chi connectivity index (χ0) is 22.3. The molecule has 0 unspecified atom stereocenters. The maximum Gasteiger partial charge on any atom is 0.264 e. The highest BCUT2D eigenvalue weighted by atomic mass is 32.2. The largest absolute Gasteiger partial charge is 0.352 e. The number of nitrogens with zero attached hydrogens (tertiary/aromatic N) is 1. The van der Waals surface area contributed by atoms with Gasteiger partial charge < -0.3 is 5.32 Å². The van der Waals surface area contributed by atoms with E-state index in [1.807, 2.05) is 38.1 Å². The predicted molar refractivity (Wildman–Crippen MR) is 125 cm³/mol. The summed E-state index contributed by atoms with van der Waals surface area (Å²) in [5, 5.41) is 2.94. The molecule has 0 saturated heterocycles. The van der Waals surface area contributed by atoms with Gasteiger partial charge >= 0.3 is 0 Å². The van der Waals surface area contributed by atoms with E-state index in [9.17, 15) is 13.2 Å². The van der Waals surface area contributed by atoms with Crippen molar-refractivity contribution in [1.29, 1.82) is 0 Å². The Kier molecular flexibility index (Phi) is 7.47. The van der Waals surface area contributed by atoms with E-state index >= 15 is 0 Å². The molecule has 3 aromatic rings. The zero-order valence-corrected chi connectivity index (χ0v) is 18.7. The van der Waals surface area contributed by atoms with Gasteiger partial charge in [0.15, 0.2) is 0 Å². The molecule has 0 aromatic heterocycles. The summed E-state index contributed by atoms with van der Waals surface area (Å²) in [7, 11) is -3.88. The molecule has 31 heavy (non-hydrogen) atoms. The van der Waals surface area contributed by atoms with Crippen LogP contribution in [0.3, 0.4) is 0 Å². The van der Waals surface area contributed by atoms with E-state index in [4.69, 9.17) is 0 Å². The molecule has 5 nitrogen and oxygen atoms in total. The number of carbonyl (C=O) groups excluding carboxylic acids is 1. The lowest BCUT2D eigenvalue weighted by atomic mass is 10.1. The molecular weight excluding hydrogens is 408 g/mol. The number of amides is 1. The number of hydrogen-bond donors (Lipinski definition) is 1. The first-order valence-electron chi connectivity index (χ1n) is 10.3. The third kappa shape index (κ3) is 6.18. The monoisotopic (exact) mass is 436 g/mol. The summed E-state index contributed by atoms with van der Waals surface area (Å²) in [6.07, 6.45) is 1.61. The topological polar surface area (TPSA) is 66.5 Å². The van der Waals surface area contributed by atoms with Crippen LogP contribution in [0.4, 0.5) is 5.69 Å². The number of nitrogens with one attached hydrogen (secondary N) is 1. The fourth-order valence-corrected chi connectivity index (χ4v) is 4.72. The van der Waals surface area contributed by atoms with Gasteiger partial charge in [-0.1, -0.05) is 66.2 Å². The van der Waals surface area contributed by atoms with Gasteiger partial charge in [0.1, 0.15) is 6.54 Å². The van der Waals surface area contributed by atoms with Crippen molar-refractivity contribution in [3.63, 3.8) is 0 Å². The minimum atomic E-state index is -3.88. The summed E-state index contributed by atoms with van der Waals surface area (Å²) < 4.78 is 27.8. The Hall–Kier alpha value is -3.12. The van der Waals surface area contributed by atoms with Crippen molar-refractivity contribution >= 4 is 21.6 Å². The summed E-state index contributed by atoms with van der Waals surface area (Å²) in [5.74, 6) is -0.333. The van der Waals surface area contributed by atoms with Gasteiger partial charge in [-0.15, -0.1) is 0 Å². The van der Waals surface area contributed by atoms with E-state index in [1.54, 1.807) is 48.5 Å². The highest BCUT2D eigenvalue weighted by molar-refractivity contribution is 7.92. The third-order valence-corrected chi connectivity index (χ3v) is 6.84. The fraction of sp³-hybridized carbons (Fsp3) is 0.240. The van der Waals surface area contributed by atoms with Crippen molar-refractivity contribution < 1.29 is 13.2 Å². The molecule has 0 aliphatic carbocycles. The number of para-hydroxylation sites is 1. The van der Waals surface area contributed by atoms with Crippen LogP contribution in [-0.4, -0.2) is 26.9 Å². The maximum absolute atomic E-state index is 13.3. The molecule has 6 heteroatoms. The molecule has 0 spiro atoms. The van der Waals surface area contributed by atoms with E-state index in [1.165, 1.54) is 5.56 Å². The summed E-state index contributed by atoms with van der Waals surface area (Å²) in [5.41, 5.74) is 2.63. The zero-order valence-electron chi connectivity index (χ0n) is 17.9. The number of sulfonamides is 1. The van der Waals surface area contributed by atoms with E-state index in [-0.39, 0.29) is 23.4 Å². The van der Waals surface area contributed by atoms with Crippen LogP contribution >= 0.6 is 0 Å². The molecule has 1 N–H and O–H groups in total. The normalized spacial score (nSPS) is 12.2. The fourth-order valence-electron chi connectivity index (χ4n) is 3.30. The first-order valence-corrected chi connectivity index (χ1v) is 11.8. The van der Waals surface area contributed by atoms with E-state index < -0.39 is 10.0 Å². The van der Waals surface area contributed by atoms with Crippen LogP contribution in [0.25, 0.3) is 0 Å². The standard InChI is InChI=1S/C25H28N2O3S/c1-20-13-17-24(18-14-20)31(29,30)27(23-11-7-4-8-12-23)19-25(28)26-21(2)15-16-22-9-5-3-6-10-22/h3-14,17-18,21H,15-16,19H2,1-2H3,(H,26,28)/t21-/m0/s1. The second kappa shape index (κ2) is 10.3. The van der Waals surface area contributed by atoms with Crippen molar-refractivity contribution in [2.24, 2.45) is 0 Å². The second-order valence-electron chi connectivity index (χ2n) is 7.65. The Morgan fingerprint density at radius 2 is 1.48 bits per heavy atom. The molecule has 3 aromatic carbocycles. The Balaban J connectivity index is 1.73. The van der Waals surface area contributed by atoms with Gasteiger partial charge in [-0.25, -0.2) is 8.42 Å². The molecule has 0 bridgehead atoms. The number of anilines is 1. The van der Waals surface area contributed by atoms with Crippen molar-refractivity contribution in [1.82, 2.24) is 5.32 Å². The van der Waals surface area contributed by atoms with Gasteiger partial charge in [-0.2, -0.15) is 0 Å². The summed E-state index contributed by atoms with van der Waals surface area (Å²) in [6, 6.07) is 25.3. The van der Waals surface area contributed by atoms with Crippen molar-refractivity contribution in [3.8, 4) is 0 Å². The second-order valence-corrected chi connectivity index (χ2v) is 9.52. The molecule has 1 atom stereocenters. The van der Waals surface area contributed by atoms with Gasteiger partial charge in [-0.05, 0) is 56.5 Å². The summed E-state index contributed by atoms with van der Waals surface area (Å²) in [6.45, 7) is 3.55. The Labute approximate surface area is 184 Å². The lowest BCUT2D eigenvalue weighted by molar-refractivity contribution is -0.120. The molecule has 3 rings (SSSR count). The molecule has 0 heterocycles. The summed E-state index contributed by atoms with van der Waals surface area (Å²) >= 11 is 0. The molecule has 0 fully saturated rings. The number of rotatable bonds is 9. The first-order chi connectivity index (χ1) is 14.9. The highest BCUT2D eigenvalue weighted by Gasteiger charge is 2.27. The van der Waals surface area contributed by atoms with Crippen molar-refractivity contribution in [2.45, 2.75) is 37.6 Å². The Bertz CT molecular complexity index is 1080. The quantitative estimate of drug-likeness (QED) is 0.543. The lowest BCUT2D eigenvalue weighted by Crippen LogP contribution is -2.43. The summed E-state index contributed by atoms with van der Waals surface area (Å²) in [4.78, 5) is 12.9. The number of benzene rings is 3. The average molecular weight is 437 g/mol. The SMILES string of the molecule is Cc1ccc(S(=O)(=O)N(CC(=O)N[C@@H](C)CCc2ccccc2)c2ccccc2)cc1. The molecule has 0 saturated carbocycles. The van der Waals surface area contributed by atoms with E-state index in [0.717, 1.165) is 22.7 Å². The average Bonchev–Trinajstić information content (AvgIpc) is 2.77. The Morgan fingerprint density at radius 1 is 0.903 bits per heavy atom. The van der Waals surface area contributed by atoms with Crippen LogP contribution < -0.4 is 9.62 Å². The van der Waals surface area contributed by atoms with E-state index in [0.29, 0.717) is 5.69 Å². The molecule has 0 aliphatic rings. The molecule has 0 aliphatic heterocycles. The minimum Gasteiger partial charge on any atom is -0.352 e. The highest BCUT2D eigenvalue weighted by Crippen LogP contribution is 2.23. The van der Waals surface area contributed by atoms with Crippen LogP contribution in [0.2, 0.25) is 0 Å². The van der Waals surface area contributed by atoms with Crippen LogP contribution in [0.15, 0.2) is 89.8 Å². The van der Waals surface area contributed by atoms with Crippen molar-refractivity contribution in [3.05, 3.63) is 96.1 Å². The lowest BCUT2D eigenvalue weighted by Gasteiger charge is -2.25. The predicted octanol–water partition coefficient (Wildman–Crippen LogP) is 4.33. The Morgan fingerprint density at radius 3 is 2.10 bits per heavy atom. The number of hydrogen-bond acceptors (Lipinski definition) is 3. The maximum atomic E-state index is 13.3. The van der Waals surface area contributed by atoms with Gasteiger partial charge in [0.05, 0.1) is 10.6 Å². The van der Waals surface area contributed by atoms with Crippen LogP contribution in [0, 0.1) is 6.92 Å². The van der Waals surface area contributed by atoms with Gasteiger partial charge in [0.25, 0.3) is 10.0 Å². The molecular formula is C25H28N2O3S. The van der Waals surface area contributed by atoms with E-state index in [2.05, 4.69) is 17.4 Å². The molecule has 162 valence electrons. The number of carbonyl (C=O) groups is 1. The first kappa shape index (κ1) is 22.6. The van der Waals surface area contributed by atoms with Crippen LogP contribution in [0.1, 0.15) is 24.5 Å². The minimum absolute atomic E-state index is 0.0765. The molecule has 0 radical (unpaired) electrons. The smallest absolute Gasteiger partial charge is 0.264 e. The number of aryl methyl sites for hydroxylation is 2. The van der Waals surface area contributed by atoms with Crippen molar-refractivity contribution in [2.75, 3.05) is 10.8 Å².